The highest BCUT2D eigenvalue weighted by atomic mass is 19.4. The summed E-state index contributed by atoms with van der Waals surface area (Å²) in [7, 11) is 2.69. The van der Waals surface area contributed by atoms with Crippen molar-refractivity contribution in [2.45, 2.75) is 19.0 Å². The van der Waals surface area contributed by atoms with Crippen molar-refractivity contribution in [3.8, 4) is 17.3 Å². The van der Waals surface area contributed by atoms with Crippen molar-refractivity contribution in [3.05, 3.63) is 65.5 Å². The van der Waals surface area contributed by atoms with E-state index in [-0.39, 0.29) is 29.3 Å². The molecule has 0 amide bonds. The minimum absolute atomic E-state index is 0.0193. The van der Waals surface area contributed by atoms with Gasteiger partial charge in [-0.25, -0.2) is 19.9 Å². The average Bonchev–Trinajstić information content (AvgIpc) is 2.82. The number of benzene rings is 1. The summed E-state index contributed by atoms with van der Waals surface area (Å²) >= 11 is 0. The predicted octanol–water partition coefficient (Wildman–Crippen LogP) is 6.02. The number of hydrogen-bond donors (Lipinski definition) is 1. The van der Waals surface area contributed by atoms with Gasteiger partial charge in [0.05, 0.1) is 42.4 Å². The molecule has 0 aliphatic rings. The second-order valence-corrected chi connectivity index (χ2v) is 7.47. The second kappa shape index (κ2) is 9.57. The van der Waals surface area contributed by atoms with E-state index in [4.69, 9.17) is 9.47 Å². The number of nitrogens with one attached hydrogen (secondary N) is 1. The van der Waals surface area contributed by atoms with E-state index in [1.165, 1.54) is 26.4 Å². The van der Waals surface area contributed by atoms with E-state index in [0.29, 0.717) is 17.1 Å². The van der Waals surface area contributed by atoms with Gasteiger partial charge in [0.15, 0.2) is 5.65 Å². The van der Waals surface area contributed by atoms with Gasteiger partial charge >= 0.3 is 12.4 Å². The van der Waals surface area contributed by atoms with Gasteiger partial charge in [0.25, 0.3) is 0 Å². The van der Waals surface area contributed by atoms with Crippen LogP contribution in [0.5, 0.6) is 5.88 Å². The van der Waals surface area contributed by atoms with Gasteiger partial charge in [-0.3, -0.25) is 0 Å². The molecule has 188 valence electrons. The standard InChI is InChI=1S/C23H17F6N5O2/c1-35-11-14-9-16(31-13-5-3-12(4-6-13)22(24,25)26)20-21(32-14)33-17(10-30-20)19-15(23(27,28)29)7-8-18(34-19)36-2/h3-10H,11H2,1-2H3,(H,31,32,33). The molecule has 0 saturated carbocycles. The first-order valence-corrected chi connectivity index (χ1v) is 10.2. The highest BCUT2D eigenvalue weighted by molar-refractivity contribution is 5.88. The maximum Gasteiger partial charge on any atom is 0.418 e. The van der Waals surface area contributed by atoms with Crippen molar-refractivity contribution >= 4 is 22.5 Å². The van der Waals surface area contributed by atoms with E-state index in [1.54, 1.807) is 6.07 Å². The molecule has 1 aromatic carbocycles. The van der Waals surface area contributed by atoms with Crippen LogP contribution in [0.3, 0.4) is 0 Å². The lowest BCUT2D eigenvalue weighted by Crippen LogP contribution is -2.10. The number of aromatic nitrogens is 4. The molecule has 0 atom stereocenters. The summed E-state index contributed by atoms with van der Waals surface area (Å²) in [5.74, 6) is -0.0503. The number of alkyl halides is 6. The van der Waals surface area contributed by atoms with Gasteiger partial charge in [0.1, 0.15) is 16.9 Å². The zero-order valence-corrected chi connectivity index (χ0v) is 18.7. The Kier molecular flexibility index (Phi) is 6.67. The van der Waals surface area contributed by atoms with Gasteiger partial charge in [-0.05, 0) is 36.4 Å². The Morgan fingerprint density at radius 1 is 0.861 bits per heavy atom. The molecule has 3 aromatic heterocycles. The number of anilines is 2. The lowest BCUT2D eigenvalue weighted by Gasteiger charge is -2.14. The maximum absolute atomic E-state index is 13.6. The number of fused-ring (bicyclic) bond motifs is 1. The maximum atomic E-state index is 13.6. The summed E-state index contributed by atoms with van der Waals surface area (Å²) in [5.41, 5.74) is -1.39. The Hall–Kier alpha value is -4.00. The van der Waals surface area contributed by atoms with Gasteiger partial charge in [-0.1, -0.05) is 0 Å². The number of pyridine rings is 2. The van der Waals surface area contributed by atoms with Crippen LogP contribution in [0.1, 0.15) is 16.8 Å². The van der Waals surface area contributed by atoms with Crippen molar-refractivity contribution in [1.82, 2.24) is 19.9 Å². The third-order valence-electron chi connectivity index (χ3n) is 4.98. The van der Waals surface area contributed by atoms with Crippen LogP contribution in [0, 0.1) is 0 Å². The number of methoxy groups -OCH3 is 2. The number of halogens is 6. The predicted molar refractivity (Wildman–Crippen MR) is 118 cm³/mol. The quantitative estimate of drug-likeness (QED) is 0.318. The Morgan fingerprint density at radius 3 is 2.19 bits per heavy atom. The first-order valence-electron chi connectivity index (χ1n) is 10.2. The largest absolute Gasteiger partial charge is 0.481 e. The van der Waals surface area contributed by atoms with Crippen molar-refractivity contribution in [2.24, 2.45) is 0 Å². The monoisotopic (exact) mass is 509 g/mol. The molecule has 0 bridgehead atoms. The van der Waals surface area contributed by atoms with Crippen LogP contribution < -0.4 is 10.1 Å². The smallest absolute Gasteiger partial charge is 0.418 e. The first-order chi connectivity index (χ1) is 17.0. The molecule has 7 nitrogen and oxygen atoms in total. The molecular formula is C23H17F6N5O2. The molecule has 0 saturated heterocycles. The number of rotatable bonds is 6. The second-order valence-electron chi connectivity index (χ2n) is 7.47. The van der Waals surface area contributed by atoms with Crippen molar-refractivity contribution < 1.29 is 35.8 Å². The van der Waals surface area contributed by atoms with E-state index in [2.05, 4.69) is 25.3 Å². The number of nitrogens with zero attached hydrogens (tertiary/aromatic N) is 4. The van der Waals surface area contributed by atoms with Crippen LogP contribution in [0.15, 0.2) is 48.7 Å². The van der Waals surface area contributed by atoms with Gasteiger partial charge in [0.2, 0.25) is 5.88 Å². The first kappa shape index (κ1) is 25.1. The molecule has 0 aliphatic carbocycles. The Bertz CT molecular complexity index is 1390. The van der Waals surface area contributed by atoms with Crippen LogP contribution in [0.2, 0.25) is 0 Å². The van der Waals surface area contributed by atoms with Crippen molar-refractivity contribution in [3.63, 3.8) is 0 Å². The lowest BCUT2D eigenvalue weighted by atomic mass is 10.1. The molecule has 0 unspecified atom stereocenters. The summed E-state index contributed by atoms with van der Waals surface area (Å²) in [4.78, 5) is 16.7. The highest BCUT2D eigenvalue weighted by Crippen LogP contribution is 2.37. The van der Waals surface area contributed by atoms with Crippen LogP contribution in [0.4, 0.5) is 37.7 Å². The molecule has 0 fully saturated rings. The molecule has 0 aliphatic heterocycles. The molecule has 36 heavy (non-hydrogen) atoms. The molecule has 3 heterocycles. The molecular weight excluding hydrogens is 492 g/mol. The Balaban J connectivity index is 1.81. The zero-order valence-electron chi connectivity index (χ0n) is 18.7. The average molecular weight is 509 g/mol. The zero-order chi connectivity index (χ0) is 26.1. The summed E-state index contributed by atoms with van der Waals surface area (Å²) < 4.78 is 89.5. The van der Waals surface area contributed by atoms with Gasteiger partial charge in [-0.2, -0.15) is 26.3 Å². The van der Waals surface area contributed by atoms with Gasteiger partial charge in [-0.15, -0.1) is 0 Å². The van der Waals surface area contributed by atoms with Gasteiger partial charge < -0.3 is 14.8 Å². The summed E-state index contributed by atoms with van der Waals surface area (Å²) in [6.45, 7) is 0.0365. The van der Waals surface area contributed by atoms with Gasteiger partial charge in [0, 0.05) is 18.9 Å². The molecule has 4 aromatic rings. The van der Waals surface area contributed by atoms with Crippen LogP contribution >= 0.6 is 0 Å². The summed E-state index contributed by atoms with van der Waals surface area (Å²) in [6.07, 6.45) is -8.10. The normalized spacial score (nSPS) is 12.1. The molecule has 0 radical (unpaired) electrons. The minimum Gasteiger partial charge on any atom is -0.481 e. The molecule has 13 heteroatoms. The fourth-order valence-electron chi connectivity index (χ4n) is 3.36. The number of ether oxygens (including phenoxy) is 2. The topological polar surface area (TPSA) is 82.0 Å². The lowest BCUT2D eigenvalue weighted by molar-refractivity contribution is -0.138. The highest BCUT2D eigenvalue weighted by Gasteiger charge is 2.35. The van der Waals surface area contributed by atoms with Crippen LogP contribution in [0.25, 0.3) is 22.6 Å². The van der Waals surface area contributed by atoms with Crippen molar-refractivity contribution in [1.29, 1.82) is 0 Å². The van der Waals surface area contributed by atoms with Crippen LogP contribution in [-0.2, 0) is 23.7 Å². The minimum atomic E-state index is -4.72. The van der Waals surface area contributed by atoms with Crippen LogP contribution in [-0.4, -0.2) is 34.2 Å². The Labute approximate surface area is 200 Å². The fraction of sp³-hybridized carbons (Fsp3) is 0.217. The molecule has 4 rings (SSSR count). The summed E-state index contributed by atoms with van der Waals surface area (Å²) in [5, 5.41) is 2.96. The van der Waals surface area contributed by atoms with E-state index in [9.17, 15) is 26.3 Å². The van der Waals surface area contributed by atoms with E-state index in [0.717, 1.165) is 30.5 Å². The van der Waals surface area contributed by atoms with E-state index < -0.39 is 29.2 Å². The fourth-order valence-corrected chi connectivity index (χ4v) is 3.36. The third-order valence-corrected chi connectivity index (χ3v) is 4.98. The van der Waals surface area contributed by atoms with E-state index >= 15 is 0 Å². The third kappa shape index (κ3) is 5.30. The Morgan fingerprint density at radius 2 is 1.58 bits per heavy atom. The number of hydrogen-bond acceptors (Lipinski definition) is 7. The molecule has 1 N–H and O–H groups in total. The SMILES string of the molecule is COCc1cc(Nc2ccc(C(F)(F)F)cc2)c2ncc(-c3nc(OC)ccc3C(F)(F)F)nc2n1. The van der Waals surface area contributed by atoms with E-state index in [1.807, 2.05) is 0 Å². The van der Waals surface area contributed by atoms with Crippen molar-refractivity contribution in [2.75, 3.05) is 19.5 Å². The summed E-state index contributed by atoms with van der Waals surface area (Å²) in [6, 6.07) is 7.78. The molecule has 0 spiro atoms.